The Labute approximate surface area is 235 Å². The highest BCUT2D eigenvalue weighted by molar-refractivity contribution is 5.52. The Morgan fingerprint density at radius 3 is 1.75 bits per heavy atom. The van der Waals surface area contributed by atoms with Gasteiger partial charge >= 0.3 is 12.4 Å². The second-order valence-electron chi connectivity index (χ2n) is 11.7. The summed E-state index contributed by atoms with van der Waals surface area (Å²) in [7, 11) is 2.11. The van der Waals surface area contributed by atoms with Gasteiger partial charge < -0.3 is 9.84 Å². The van der Waals surface area contributed by atoms with Crippen molar-refractivity contribution in [1.29, 1.82) is 0 Å². The van der Waals surface area contributed by atoms with Crippen LogP contribution in [0.5, 0.6) is 5.75 Å². The summed E-state index contributed by atoms with van der Waals surface area (Å²) in [6, 6.07) is 1.63. The first-order valence-corrected chi connectivity index (χ1v) is 14.5. The normalized spacial score (nSPS) is 16.0. The SMILES string of the molecule is CCCc1cc(C(O)(C(F)(F)F)C(F)(F)F)cc(CCC)c1OCCCCCCCCC[N+]1=CN(C)C(C)(C)C1. The lowest BCUT2D eigenvalue weighted by atomic mass is 9.87. The first-order valence-electron chi connectivity index (χ1n) is 14.5. The van der Waals surface area contributed by atoms with Crippen LogP contribution in [0, 0.1) is 0 Å². The summed E-state index contributed by atoms with van der Waals surface area (Å²) in [5.74, 6) is 0.353. The van der Waals surface area contributed by atoms with Gasteiger partial charge in [-0.2, -0.15) is 26.3 Å². The number of aliphatic hydroxyl groups is 1. The Hall–Kier alpha value is -1.97. The monoisotopic (exact) mass is 581 g/mol. The van der Waals surface area contributed by atoms with Crippen LogP contribution in [0.3, 0.4) is 0 Å². The lowest BCUT2D eigenvalue weighted by Gasteiger charge is -2.33. The highest BCUT2D eigenvalue weighted by Gasteiger charge is 2.71. The number of ether oxygens (including phenoxy) is 1. The molecule has 0 atom stereocenters. The fourth-order valence-electron chi connectivity index (χ4n) is 5.21. The summed E-state index contributed by atoms with van der Waals surface area (Å²) in [4.78, 5) is 2.25. The van der Waals surface area contributed by atoms with Gasteiger partial charge in [0.25, 0.3) is 5.60 Å². The average molecular weight is 582 g/mol. The lowest BCUT2D eigenvalue weighted by Crippen LogP contribution is -2.54. The van der Waals surface area contributed by atoms with E-state index in [1.165, 1.54) is 6.42 Å². The highest BCUT2D eigenvalue weighted by Crippen LogP contribution is 2.51. The van der Waals surface area contributed by atoms with Crippen LogP contribution in [0.4, 0.5) is 26.3 Å². The third kappa shape index (κ3) is 8.52. The number of rotatable bonds is 16. The maximum atomic E-state index is 13.5. The molecule has 10 heteroatoms. The molecule has 0 radical (unpaired) electrons. The topological polar surface area (TPSA) is 35.7 Å². The summed E-state index contributed by atoms with van der Waals surface area (Å²) in [6.45, 7) is 10.5. The molecule has 0 saturated heterocycles. The Bertz CT molecular complexity index is 931. The van der Waals surface area contributed by atoms with Crippen molar-refractivity contribution in [3.63, 3.8) is 0 Å². The van der Waals surface area contributed by atoms with E-state index in [-0.39, 0.29) is 29.5 Å². The van der Waals surface area contributed by atoms with E-state index >= 15 is 0 Å². The standard InChI is InChI=1S/C30H47F6N2O2/c1-6-15-23-19-25(28(39,29(31,32)33)30(34,35)36)20-24(16-7-2)26(23)40-18-14-12-10-8-9-11-13-17-38-21-27(3,4)37(5)22-38/h19-20,22,39H,6-18,21H2,1-5H3/q+1. The van der Waals surface area contributed by atoms with E-state index in [1.54, 1.807) is 13.8 Å². The van der Waals surface area contributed by atoms with Crippen LogP contribution in [0.25, 0.3) is 0 Å². The van der Waals surface area contributed by atoms with Crippen LogP contribution in [0.15, 0.2) is 12.1 Å². The Morgan fingerprint density at radius 2 is 1.32 bits per heavy atom. The predicted octanol–water partition coefficient (Wildman–Crippen LogP) is 7.78. The maximum absolute atomic E-state index is 13.5. The molecule has 0 fully saturated rings. The molecule has 1 heterocycles. The summed E-state index contributed by atoms with van der Waals surface area (Å²) < 4.78 is 89.6. The summed E-state index contributed by atoms with van der Waals surface area (Å²) in [6.07, 6.45) is -0.832. The van der Waals surface area contributed by atoms with E-state index in [0.717, 1.165) is 63.7 Å². The predicted molar refractivity (Wildman–Crippen MR) is 146 cm³/mol. The molecule has 0 saturated carbocycles. The summed E-state index contributed by atoms with van der Waals surface area (Å²) in [5, 5.41) is 9.97. The smallest absolute Gasteiger partial charge is 0.430 e. The number of aryl methyl sites for hydroxylation is 2. The van der Waals surface area contributed by atoms with Crippen molar-refractivity contribution in [2.45, 2.75) is 122 Å². The van der Waals surface area contributed by atoms with E-state index in [0.29, 0.717) is 25.2 Å². The van der Waals surface area contributed by atoms with E-state index in [2.05, 4.69) is 36.7 Å². The van der Waals surface area contributed by atoms with Crippen molar-refractivity contribution in [2.24, 2.45) is 0 Å². The zero-order chi connectivity index (χ0) is 30.2. The van der Waals surface area contributed by atoms with Crippen molar-refractivity contribution < 1.29 is 40.8 Å². The first-order chi connectivity index (χ1) is 18.6. The second-order valence-corrected chi connectivity index (χ2v) is 11.7. The first kappa shape index (κ1) is 34.2. The van der Waals surface area contributed by atoms with Gasteiger partial charge in [-0.1, -0.05) is 52.4 Å². The zero-order valence-corrected chi connectivity index (χ0v) is 24.6. The van der Waals surface area contributed by atoms with Crippen molar-refractivity contribution in [3.05, 3.63) is 28.8 Å². The minimum Gasteiger partial charge on any atom is -0.493 e. The van der Waals surface area contributed by atoms with E-state index in [9.17, 15) is 31.4 Å². The molecule has 1 aliphatic rings. The molecule has 2 rings (SSSR count). The maximum Gasteiger partial charge on any atom is 0.430 e. The molecular formula is C30H47F6N2O2+. The number of nitrogens with zero attached hydrogens (tertiary/aromatic N) is 2. The van der Waals surface area contributed by atoms with Gasteiger partial charge in [0.1, 0.15) is 17.8 Å². The molecular weight excluding hydrogens is 534 g/mol. The molecule has 40 heavy (non-hydrogen) atoms. The third-order valence-electron chi connectivity index (χ3n) is 7.74. The molecule has 1 aromatic rings. The number of halogens is 6. The zero-order valence-electron chi connectivity index (χ0n) is 24.6. The van der Waals surface area contributed by atoms with Crippen LogP contribution in [0.1, 0.15) is 102 Å². The summed E-state index contributed by atoms with van der Waals surface area (Å²) in [5.41, 5.74) is -5.44. The van der Waals surface area contributed by atoms with Gasteiger partial charge in [-0.15, -0.1) is 0 Å². The van der Waals surface area contributed by atoms with Crippen LogP contribution in [-0.2, 0) is 18.4 Å². The number of alkyl halides is 6. The number of hydrogen-bond donors (Lipinski definition) is 1. The lowest BCUT2D eigenvalue weighted by molar-refractivity contribution is -0.521. The van der Waals surface area contributed by atoms with Gasteiger partial charge in [-0.05, 0) is 69.2 Å². The van der Waals surface area contributed by atoms with Crippen molar-refractivity contribution in [2.75, 3.05) is 26.7 Å². The second kappa shape index (κ2) is 14.3. The molecule has 4 nitrogen and oxygen atoms in total. The van der Waals surface area contributed by atoms with Crippen LogP contribution < -0.4 is 4.74 Å². The Balaban J connectivity index is 1.92. The molecule has 0 bridgehead atoms. The minimum absolute atomic E-state index is 0.175. The van der Waals surface area contributed by atoms with E-state index in [1.807, 2.05) is 0 Å². The number of likely N-dealkylation sites (N-methyl/N-ethyl adjacent to an activating group) is 1. The Kier molecular flexibility index (Phi) is 12.2. The van der Waals surface area contributed by atoms with Crippen LogP contribution >= 0.6 is 0 Å². The van der Waals surface area contributed by atoms with Gasteiger partial charge in [-0.25, -0.2) is 0 Å². The van der Waals surface area contributed by atoms with E-state index in [4.69, 9.17) is 4.74 Å². The van der Waals surface area contributed by atoms with Crippen molar-refractivity contribution in [3.8, 4) is 5.75 Å². The number of hydrogen-bond acceptors (Lipinski definition) is 3. The van der Waals surface area contributed by atoms with Crippen molar-refractivity contribution >= 4 is 6.34 Å². The molecule has 1 N–H and O–H groups in total. The molecule has 0 amide bonds. The number of benzene rings is 1. The van der Waals surface area contributed by atoms with Crippen molar-refractivity contribution in [1.82, 2.24) is 4.90 Å². The average Bonchev–Trinajstić information content (AvgIpc) is 3.10. The quantitative estimate of drug-likeness (QED) is 0.123. The van der Waals surface area contributed by atoms with E-state index < -0.39 is 23.5 Å². The third-order valence-corrected chi connectivity index (χ3v) is 7.74. The minimum atomic E-state index is -5.92. The highest BCUT2D eigenvalue weighted by atomic mass is 19.4. The fourth-order valence-corrected chi connectivity index (χ4v) is 5.21. The largest absolute Gasteiger partial charge is 0.493 e. The molecule has 230 valence electrons. The number of unbranched alkanes of at least 4 members (excludes halogenated alkanes) is 6. The van der Waals surface area contributed by atoms with Crippen LogP contribution in [-0.4, -0.2) is 65.6 Å². The molecule has 0 unspecified atom stereocenters. The van der Waals surface area contributed by atoms with Gasteiger partial charge in [0.2, 0.25) is 6.34 Å². The fraction of sp³-hybridized carbons (Fsp3) is 0.767. The molecule has 1 aromatic carbocycles. The summed E-state index contributed by atoms with van der Waals surface area (Å²) >= 11 is 0. The van der Waals surface area contributed by atoms with Gasteiger partial charge in [-0.3, -0.25) is 9.48 Å². The molecule has 0 spiro atoms. The molecule has 1 aliphatic heterocycles. The van der Waals surface area contributed by atoms with Gasteiger partial charge in [0.15, 0.2) is 0 Å². The van der Waals surface area contributed by atoms with Crippen LogP contribution in [0.2, 0.25) is 0 Å². The van der Waals surface area contributed by atoms with Gasteiger partial charge in [0, 0.05) is 5.56 Å². The Morgan fingerprint density at radius 1 is 0.850 bits per heavy atom. The molecule has 0 aliphatic carbocycles. The van der Waals surface area contributed by atoms with Gasteiger partial charge in [0.05, 0.1) is 20.2 Å². The molecule has 0 aromatic heterocycles.